The molecule has 1 aromatic heterocycles. The predicted molar refractivity (Wildman–Crippen MR) is 141 cm³/mol. The number of hydrogen-bond donors (Lipinski definition) is 2. The molecule has 1 fully saturated rings. The number of carboxylic acids is 1. The topological polar surface area (TPSA) is 84.2 Å². The zero-order chi connectivity index (χ0) is 25.3. The molecule has 6 heteroatoms. The van der Waals surface area contributed by atoms with E-state index in [2.05, 4.69) is 17.3 Å². The van der Waals surface area contributed by atoms with Gasteiger partial charge >= 0.3 is 5.97 Å². The molecule has 1 atom stereocenters. The highest BCUT2D eigenvalue weighted by atomic mass is 16.4. The van der Waals surface area contributed by atoms with Gasteiger partial charge in [-0.15, -0.1) is 0 Å². The normalized spacial score (nSPS) is 14.7. The van der Waals surface area contributed by atoms with E-state index in [1.165, 1.54) is 0 Å². The summed E-state index contributed by atoms with van der Waals surface area (Å²) in [6, 6.07) is 25.9. The van der Waals surface area contributed by atoms with Crippen LogP contribution in [0.1, 0.15) is 43.2 Å². The summed E-state index contributed by atoms with van der Waals surface area (Å²) in [6.07, 6.45) is 3.55. The van der Waals surface area contributed by atoms with Crippen molar-refractivity contribution in [1.29, 1.82) is 0 Å². The lowest BCUT2D eigenvalue weighted by molar-refractivity contribution is -0.140. The van der Waals surface area contributed by atoms with Crippen LogP contribution in [0.25, 0.3) is 22.3 Å². The summed E-state index contributed by atoms with van der Waals surface area (Å²) in [4.78, 5) is 24.4. The molecule has 1 aliphatic carbocycles. The minimum Gasteiger partial charge on any atom is -0.481 e. The number of amides is 1. The fraction of sp³-hybridized carbons (Fsp3) is 0.233. The maximum absolute atomic E-state index is 12.8. The Labute approximate surface area is 210 Å². The molecule has 182 valence electrons. The minimum absolute atomic E-state index is 0.0530. The molecular formula is C30H29N3O3. The van der Waals surface area contributed by atoms with Gasteiger partial charge in [0.2, 0.25) is 5.91 Å². The molecule has 1 aliphatic rings. The van der Waals surface area contributed by atoms with E-state index < -0.39 is 11.4 Å². The summed E-state index contributed by atoms with van der Waals surface area (Å²) in [5.74, 6) is -0.0178. The molecule has 1 amide bonds. The highest BCUT2D eigenvalue weighted by Gasteiger charge is 2.51. The molecule has 5 rings (SSSR count). The van der Waals surface area contributed by atoms with Crippen molar-refractivity contribution in [2.75, 3.05) is 5.32 Å². The number of anilines is 1. The van der Waals surface area contributed by atoms with Crippen molar-refractivity contribution in [2.45, 2.75) is 37.5 Å². The van der Waals surface area contributed by atoms with E-state index in [0.717, 1.165) is 33.4 Å². The molecule has 3 aromatic carbocycles. The van der Waals surface area contributed by atoms with Crippen LogP contribution >= 0.6 is 0 Å². The second-order valence-corrected chi connectivity index (χ2v) is 9.64. The lowest BCUT2D eigenvalue weighted by Gasteiger charge is -2.13. The zero-order valence-corrected chi connectivity index (χ0v) is 20.4. The zero-order valence-electron chi connectivity index (χ0n) is 20.4. The number of aromatic nitrogens is 2. The number of hydrogen-bond acceptors (Lipinski definition) is 3. The van der Waals surface area contributed by atoms with E-state index in [9.17, 15) is 14.7 Å². The first-order valence-electron chi connectivity index (χ1n) is 12.2. The Morgan fingerprint density at radius 3 is 2.11 bits per heavy atom. The highest BCUT2D eigenvalue weighted by Crippen LogP contribution is 2.48. The molecule has 6 nitrogen and oxygen atoms in total. The van der Waals surface area contributed by atoms with Crippen molar-refractivity contribution in [2.24, 2.45) is 7.05 Å². The van der Waals surface area contributed by atoms with Crippen molar-refractivity contribution in [3.8, 4) is 22.3 Å². The van der Waals surface area contributed by atoms with Gasteiger partial charge in [-0.05, 0) is 46.6 Å². The van der Waals surface area contributed by atoms with Gasteiger partial charge in [-0.2, -0.15) is 5.10 Å². The van der Waals surface area contributed by atoms with Crippen molar-refractivity contribution >= 4 is 17.7 Å². The number of nitrogens with one attached hydrogen (secondary N) is 1. The summed E-state index contributed by atoms with van der Waals surface area (Å²) in [5, 5.41) is 16.9. The van der Waals surface area contributed by atoms with E-state index in [1.54, 1.807) is 10.9 Å². The molecule has 0 unspecified atom stereocenters. The smallest absolute Gasteiger partial charge is 0.314 e. The number of aliphatic carboxylic acids is 1. The Hall–Kier alpha value is -4.19. The third kappa shape index (κ3) is 4.54. The molecule has 0 spiro atoms. The van der Waals surface area contributed by atoms with Crippen LogP contribution in [0.3, 0.4) is 0 Å². The van der Waals surface area contributed by atoms with E-state index in [1.807, 2.05) is 85.9 Å². The Bertz CT molecular complexity index is 1390. The first kappa shape index (κ1) is 23.5. The monoisotopic (exact) mass is 479 g/mol. The number of benzene rings is 3. The summed E-state index contributed by atoms with van der Waals surface area (Å²) < 4.78 is 1.68. The number of nitrogens with zero attached hydrogens (tertiary/aromatic N) is 2. The van der Waals surface area contributed by atoms with Crippen LogP contribution in [0.15, 0.2) is 85.1 Å². The van der Waals surface area contributed by atoms with Gasteiger partial charge in [0, 0.05) is 19.0 Å². The largest absolute Gasteiger partial charge is 0.481 e. The molecule has 36 heavy (non-hydrogen) atoms. The van der Waals surface area contributed by atoms with Crippen LogP contribution in [0.4, 0.5) is 5.82 Å². The summed E-state index contributed by atoms with van der Waals surface area (Å²) in [5.41, 5.74) is 5.19. The number of carbonyl (C=O) groups excluding carboxylic acids is 1. The first-order valence-corrected chi connectivity index (χ1v) is 12.2. The second kappa shape index (κ2) is 9.46. The maximum atomic E-state index is 12.8. The molecule has 0 radical (unpaired) electrons. The van der Waals surface area contributed by atoms with Crippen molar-refractivity contribution in [3.63, 3.8) is 0 Å². The molecule has 0 aliphatic heterocycles. The highest BCUT2D eigenvalue weighted by molar-refractivity contribution is 5.94. The molecule has 0 bridgehead atoms. The van der Waals surface area contributed by atoms with E-state index in [4.69, 9.17) is 0 Å². The average molecular weight is 480 g/mol. The molecule has 2 N–H and O–H groups in total. The SMILES string of the molecule is C[C@@H](CC(=O)Nc1c(-c2ccc(-c3ccc(C4(C(=O)O)CC4)cc3)cc2)cnn1C)c1ccccc1. The Balaban J connectivity index is 1.30. The summed E-state index contributed by atoms with van der Waals surface area (Å²) >= 11 is 0. The van der Waals surface area contributed by atoms with E-state index in [0.29, 0.717) is 25.1 Å². The van der Waals surface area contributed by atoms with Gasteiger partial charge in [0.25, 0.3) is 0 Å². The molecule has 4 aromatic rings. The van der Waals surface area contributed by atoms with Crippen molar-refractivity contribution < 1.29 is 14.7 Å². The van der Waals surface area contributed by atoms with Crippen LogP contribution in [0, 0.1) is 0 Å². The van der Waals surface area contributed by atoms with Gasteiger partial charge in [-0.1, -0.05) is 85.8 Å². The van der Waals surface area contributed by atoms with E-state index >= 15 is 0 Å². The van der Waals surface area contributed by atoms with Gasteiger partial charge in [0.1, 0.15) is 5.82 Å². The second-order valence-electron chi connectivity index (χ2n) is 9.64. The molecular weight excluding hydrogens is 450 g/mol. The third-order valence-electron chi connectivity index (χ3n) is 7.18. The van der Waals surface area contributed by atoms with Crippen LogP contribution in [0.2, 0.25) is 0 Å². The van der Waals surface area contributed by atoms with Crippen LogP contribution in [0.5, 0.6) is 0 Å². The fourth-order valence-electron chi connectivity index (χ4n) is 4.73. The van der Waals surface area contributed by atoms with Gasteiger partial charge in [0.05, 0.1) is 11.6 Å². The van der Waals surface area contributed by atoms with Crippen molar-refractivity contribution in [3.05, 3.63) is 96.2 Å². The summed E-state index contributed by atoms with van der Waals surface area (Å²) in [7, 11) is 1.82. The maximum Gasteiger partial charge on any atom is 0.314 e. The van der Waals surface area contributed by atoms with Crippen LogP contribution < -0.4 is 5.32 Å². The van der Waals surface area contributed by atoms with Crippen molar-refractivity contribution in [1.82, 2.24) is 9.78 Å². The van der Waals surface area contributed by atoms with Gasteiger partial charge < -0.3 is 10.4 Å². The van der Waals surface area contributed by atoms with Crippen LogP contribution in [-0.2, 0) is 22.1 Å². The molecule has 0 saturated heterocycles. The first-order chi connectivity index (χ1) is 17.4. The Morgan fingerprint density at radius 1 is 0.944 bits per heavy atom. The molecule has 1 saturated carbocycles. The number of aryl methyl sites for hydroxylation is 1. The van der Waals surface area contributed by atoms with Gasteiger partial charge in [0.15, 0.2) is 0 Å². The van der Waals surface area contributed by atoms with Gasteiger partial charge in [-0.25, -0.2) is 0 Å². The van der Waals surface area contributed by atoms with Crippen LogP contribution in [-0.4, -0.2) is 26.8 Å². The standard InChI is InChI=1S/C30H29N3O3/c1-20(21-6-4-3-5-7-21)18-27(34)32-28-26(19-31-33(28)2)24-10-8-22(9-11-24)23-12-14-25(15-13-23)30(16-17-30)29(35)36/h3-15,19-20H,16-18H2,1-2H3,(H,32,34)(H,35,36)/t20-/m0/s1. The Morgan fingerprint density at radius 2 is 1.53 bits per heavy atom. The number of carboxylic acid groups (broad SMARTS) is 1. The fourth-order valence-corrected chi connectivity index (χ4v) is 4.73. The Kier molecular flexibility index (Phi) is 6.18. The lowest BCUT2D eigenvalue weighted by Crippen LogP contribution is -2.19. The molecule has 1 heterocycles. The van der Waals surface area contributed by atoms with Gasteiger partial charge in [-0.3, -0.25) is 14.3 Å². The number of rotatable bonds is 8. The van der Waals surface area contributed by atoms with E-state index in [-0.39, 0.29) is 11.8 Å². The predicted octanol–water partition coefficient (Wildman–Crippen LogP) is 6.00. The lowest BCUT2D eigenvalue weighted by atomic mass is 9.93. The average Bonchev–Trinajstić information content (AvgIpc) is 3.64. The minimum atomic E-state index is -0.742. The summed E-state index contributed by atoms with van der Waals surface area (Å²) in [6.45, 7) is 2.05. The quantitative estimate of drug-likeness (QED) is 0.324. The number of carbonyl (C=O) groups is 2. The third-order valence-corrected chi connectivity index (χ3v) is 7.18.